The lowest BCUT2D eigenvalue weighted by atomic mass is 9.78. The van der Waals surface area contributed by atoms with Gasteiger partial charge in [-0.3, -0.25) is 0 Å². The minimum atomic E-state index is 0.457. The zero-order valence-electron chi connectivity index (χ0n) is 12.0. The monoisotopic (exact) mass is 249 g/mol. The Morgan fingerprint density at radius 1 is 1.39 bits per heavy atom. The lowest BCUT2D eigenvalue weighted by molar-refractivity contribution is 0.229. The van der Waals surface area contributed by atoms with Crippen LogP contribution in [0.15, 0.2) is 12.5 Å². The van der Waals surface area contributed by atoms with Gasteiger partial charge >= 0.3 is 0 Å². The molecule has 0 spiro atoms. The Balaban J connectivity index is 2.04. The summed E-state index contributed by atoms with van der Waals surface area (Å²) >= 11 is 0. The highest BCUT2D eigenvalue weighted by molar-refractivity contribution is 5.06. The molecule has 1 aliphatic rings. The van der Waals surface area contributed by atoms with Crippen molar-refractivity contribution < 1.29 is 0 Å². The van der Waals surface area contributed by atoms with Crippen LogP contribution in [0.2, 0.25) is 0 Å². The SMILES string of the molecule is CCCNC(c1cn(C)cn1)C1CCC(C)CC1. The first-order chi connectivity index (χ1) is 8.70. The maximum Gasteiger partial charge on any atom is 0.0947 e. The number of hydrogen-bond donors (Lipinski definition) is 1. The Kier molecular flexibility index (Phi) is 4.81. The topological polar surface area (TPSA) is 29.9 Å². The number of rotatable bonds is 5. The fraction of sp³-hybridized carbons (Fsp3) is 0.800. The number of nitrogens with zero attached hydrogens (tertiary/aromatic N) is 2. The molecule has 1 aromatic rings. The lowest BCUT2D eigenvalue weighted by Gasteiger charge is -2.32. The van der Waals surface area contributed by atoms with Gasteiger partial charge in [0.2, 0.25) is 0 Å². The van der Waals surface area contributed by atoms with Crippen molar-refractivity contribution in [1.29, 1.82) is 0 Å². The van der Waals surface area contributed by atoms with Gasteiger partial charge in [0.25, 0.3) is 0 Å². The normalized spacial score (nSPS) is 26.2. The average Bonchev–Trinajstić information content (AvgIpc) is 2.78. The molecule has 1 aromatic heterocycles. The van der Waals surface area contributed by atoms with Crippen LogP contribution < -0.4 is 5.32 Å². The summed E-state index contributed by atoms with van der Waals surface area (Å²) < 4.78 is 2.06. The van der Waals surface area contributed by atoms with Crippen molar-refractivity contribution in [1.82, 2.24) is 14.9 Å². The number of imidazole rings is 1. The highest BCUT2D eigenvalue weighted by Crippen LogP contribution is 2.36. The Morgan fingerprint density at radius 3 is 2.67 bits per heavy atom. The predicted octanol–water partition coefficient (Wildman–Crippen LogP) is 3.29. The van der Waals surface area contributed by atoms with Crippen molar-refractivity contribution in [2.75, 3.05) is 6.54 Å². The molecule has 0 bridgehead atoms. The maximum atomic E-state index is 4.56. The second-order valence-corrected chi connectivity index (χ2v) is 5.92. The molecular formula is C15H27N3. The molecule has 0 aromatic carbocycles. The summed E-state index contributed by atoms with van der Waals surface area (Å²) in [6, 6.07) is 0.457. The van der Waals surface area contributed by atoms with Crippen LogP contribution in [0.25, 0.3) is 0 Å². The van der Waals surface area contributed by atoms with Gasteiger partial charge in [-0.15, -0.1) is 0 Å². The highest BCUT2D eigenvalue weighted by atomic mass is 15.0. The van der Waals surface area contributed by atoms with Crippen LogP contribution in [0, 0.1) is 11.8 Å². The van der Waals surface area contributed by atoms with Gasteiger partial charge in [-0.1, -0.05) is 26.7 Å². The molecular weight excluding hydrogens is 222 g/mol. The minimum absolute atomic E-state index is 0.457. The van der Waals surface area contributed by atoms with E-state index in [1.54, 1.807) is 0 Å². The highest BCUT2D eigenvalue weighted by Gasteiger charge is 2.28. The molecule has 3 nitrogen and oxygen atoms in total. The maximum absolute atomic E-state index is 4.56. The van der Waals surface area contributed by atoms with Gasteiger partial charge in [-0.2, -0.15) is 0 Å². The fourth-order valence-corrected chi connectivity index (χ4v) is 3.03. The van der Waals surface area contributed by atoms with E-state index in [0.717, 1.165) is 18.4 Å². The molecule has 0 aliphatic heterocycles. The van der Waals surface area contributed by atoms with Crippen molar-refractivity contribution in [3.8, 4) is 0 Å². The van der Waals surface area contributed by atoms with E-state index in [1.165, 1.54) is 37.8 Å². The van der Waals surface area contributed by atoms with Crippen molar-refractivity contribution in [2.45, 2.75) is 52.0 Å². The van der Waals surface area contributed by atoms with E-state index in [2.05, 4.69) is 42.0 Å². The summed E-state index contributed by atoms with van der Waals surface area (Å²) in [7, 11) is 2.05. The van der Waals surface area contributed by atoms with Gasteiger partial charge in [0.05, 0.1) is 18.1 Å². The molecule has 1 aliphatic carbocycles. The number of aryl methyl sites for hydroxylation is 1. The van der Waals surface area contributed by atoms with Gasteiger partial charge in [0, 0.05) is 13.2 Å². The Labute approximate surface area is 111 Å². The third-order valence-electron chi connectivity index (χ3n) is 4.19. The number of nitrogens with one attached hydrogen (secondary N) is 1. The second-order valence-electron chi connectivity index (χ2n) is 5.92. The van der Waals surface area contributed by atoms with Crippen molar-refractivity contribution >= 4 is 0 Å². The van der Waals surface area contributed by atoms with Crippen molar-refractivity contribution in [3.05, 3.63) is 18.2 Å². The molecule has 18 heavy (non-hydrogen) atoms. The molecule has 1 unspecified atom stereocenters. The van der Waals surface area contributed by atoms with E-state index >= 15 is 0 Å². The second kappa shape index (κ2) is 6.37. The van der Waals surface area contributed by atoms with Crippen LogP contribution in [0.1, 0.15) is 57.7 Å². The summed E-state index contributed by atoms with van der Waals surface area (Å²) in [5.74, 6) is 1.68. The van der Waals surface area contributed by atoms with Crippen molar-refractivity contribution in [2.24, 2.45) is 18.9 Å². The van der Waals surface area contributed by atoms with E-state index in [1.807, 2.05) is 6.33 Å². The van der Waals surface area contributed by atoms with Crippen LogP contribution in [-0.4, -0.2) is 16.1 Å². The Morgan fingerprint density at radius 2 is 2.11 bits per heavy atom. The first kappa shape index (κ1) is 13.6. The van der Waals surface area contributed by atoms with E-state index in [0.29, 0.717) is 6.04 Å². The van der Waals surface area contributed by atoms with Crippen LogP contribution in [-0.2, 0) is 7.05 Å². The summed E-state index contributed by atoms with van der Waals surface area (Å²) in [6.45, 7) is 5.70. The van der Waals surface area contributed by atoms with Gasteiger partial charge in [-0.25, -0.2) is 4.98 Å². The molecule has 1 fully saturated rings. The molecule has 0 saturated heterocycles. The quantitative estimate of drug-likeness (QED) is 0.868. The first-order valence-electron chi connectivity index (χ1n) is 7.42. The van der Waals surface area contributed by atoms with Gasteiger partial charge in [0.1, 0.15) is 0 Å². The Hall–Kier alpha value is -0.830. The minimum Gasteiger partial charge on any atom is -0.340 e. The molecule has 1 saturated carbocycles. The summed E-state index contributed by atoms with van der Waals surface area (Å²) in [5.41, 5.74) is 1.23. The van der Waals surface area contributed by atoms with Gasteiger partial charge < -0.3 is 9.88 Å². The molecule has 1 N–H and O–H groups in total. The van der Waals surface area contributed by atoms with Crippen LogP contribution in [0.3, 0.4) is 0 Å². The smallest absolute Gasteiger partial charge is 0.0947 e. The molecule has 0 radical (unpaired) electrons. The number of aromatic nitrogens is 2. The van der Waals surface area contributed by atoms with Gasteiger partial charge in [-0.05, 0) is 37.6 Å². The van der Waals surface area contributed by atoms with Crippen molar-refractivity contribution in [3.63, 3.8) is 0 Å². The fourth-order valence-electron chi connectivity index (χ4n) is 3.03. The molecule has 1 atom stereocenters. The van der Waals surface area contributed by atoms with E-state index in [-0.39, 0.29) is 0 Å². The van der Waals surface area contributed by atoms with Crippen LogP contribution in [0.5, 0.6) is 0 Å². The summed E-state index contributed by atoms with van der Waals surface area (Å²) in [5, 5.41) is 3.71. The molecule has 1 heterocycles. The zero-order valence-corrected chi connectivity index (χ0v) is 12.0. The third kappa shape index (κ3) is 3.35. The van der Waals surface area contributed by atoms with E-state index in [9.17, 15) is 0 Å². The lowest BCUT2D eigenvalue weighted by Crippen LogP contribution is -2.31. The summed E-state index contributed by atoms with van der Waals surface area (Å²) in [4.78, 5) is 4.56. The largest absolute Gasteiger partial charge is 0.340 e. The van der Waals surface area contributed by atoms with E-state index in [4.69, 9.17) is 0 Å². The molecule has 0 amide bonds. The van der Waals surface area contributed by atoms with Gasteiger partial charge in [0.15, 0.2) is 0 Å². The molecule has 3 heteroatoms. The number of hydrogen-bond acceptors (Lipinski definition) is 2. The van der Waals surface area contributed by atoms with Crippen LogP contribution in [0.4, 0.5) is 0 Å². The standard InChI is InChI=1S/C15H27N3/c1-4-9-16-15(14-10-18(3)11-17-14)13-7-5-12(2)6-8-13/h10-13,15-16H,4-9H2,1-3H3. The zero-order chi connectivity index (χ0) is 13.0. The predicted molar refractivity (Wildman–Crippen MR) is 75.4 cm³/mol. The summed E-state index contributed by atoms with van der Waals surface area (Å²) in [6.07, 6.45) is 10.7. The average molecular weight is 249 g/mol. The third-order valence-corrected chi connectivity index (χ3v) is 4.19. The molecule has 102 valence electrons. The van der Waals surface area contributed by atoms with Crippen LogP contribution >= 0.6 is 0 Å². The Bertz CT molecular complexity index is 350. The first-order valence-corrected chi connectivity index (χ1v) is 7.42. The van der Waals surface area contributed by atoms with E-state index < -0.39 is 0 Å². The molecule has 2 rings (SSSR count).